The van der Waals surface area contributed by atoms with Crippen molar-refractivity contribution in [2.24, 2.45) is 0 Å². The van der Waals surface area contributed by atoms with Crippen molar-refractivity contribution in [3.63, 3.8) is 0 Å². The fourth-order valence-electron chi connectivity index (χ4n) is 1.29. The molecule has 0 fully saturated rings. The Bertz CT molecular complexity index is 583. The molecule has 0 spiro atoms. The average Bonchev–Trinajstić information content (AvgIpc) is 2.97. The second-order valence-electron chi connectivity index (χ2n) is 3.03. The van der Waals surface area contributed by atoms with Gasteiger partial charge in [-0.2, -0.15) is 9.61 Å². The van der Waals surface area contributed by atoms with Crippen LogP contribution < -0.4 is 5.32 Å². The van der Waals surface area contributed by atoms with Gasteiger partial charge in [0.2, 0.25) is 0 Å². The normalized spacial score (nSPS) is 10.8. The lowest BCUT2D eigenvalue weighted by Gasteiger charge is -2.03. The predicted molar refractivity (Wildman–Crippen MR) is 52.3 cm³/mol. The predicted octanol–water partition coefficient (Wildman–Crippen LogP) is -0.751. The van der Waals surface area contributed by atoms with Crippen LogP contribution >= 0.6 is 0 Å². The summed E-state index contributed by atoms with van der Waals surface area (Å²) in [5.41, 5.74) is 0.586. The van der Waals surface area contributed by atoms with Crippen LogP contribution in [0.25, 0.3) is 5.65 Å². The molecule has 80 valence electrons. The maximum atomic E-state index is 4.01. The van der Waals surface area contributed by atoms with Crippen molar-refractivity contribution in [3.05, 3.63) is 24.5 Å². The lowest BCUT2D eigenvalue weighted by Crippen LogP contribution is -2.06. The molecule has 9 nitrogen and oxygen atoms in total. The molecule has 0 aliphatic carbocycles. The quantitative estimate of drug-likeness (QED) is 0.593. The summed E-state index contributed by atoms with van der Waals surface area (Å²) in [5.74, 6) is 1.42. The van der Waals surface area contributed by atoms with Crippen LogP contribution in [-0.2, 0) is 6.54 Å². The van der Waals surface area contributed by atoms with E-state index in [1.807, 2.05) is 0 Å². The van der Waals surface area contributed by atoms with Crippen LogP contribution in [0.4, 0.5) is 5.82 Å². The molecule has 3 rings (SSSR count). The van der Waals surface area contributed by atoms with Crippen LogP contribution in [0.15, 0.2) is 18.7 Å². The molecule has 0 aromatic carbocycles. The molecule has 16 heavy (non-hydrogen) atoms. The minimum atomic E-state index is 0.501. The van der Waals surface area contributed by atoms with Gasteiger partial charge in [0.05, 0.1) is 18.9 Å². The largest absolute Gasteiger partial charge is 0.361 e. The van der Waals surface area contributed by atoms with Crippen molar-refractivity contribution in [3.8, 4) is 0 Å². The molecule has 0 unspecified atom stereocenters. The van der Waals surface area contributed by atoms with Gasteiger partial charge in [-0.15, -0.1) is 5.10 Å². The molecule has 0 bridgehead atoms. The van der Waals surface area contributed by atoms with Gasteiger partial charge in [-0.3, -0.25) is 10.1 Å². The third kappa shape index (κ3) is 1.43. The molecule has 3 aromatic heterocycles. The Morgan fingerprint density at radius 2 is 2.38 bits per heavy atom. The molecule has 3 heterocycles. The zero-order valence-corrected chi connectivity index (χ0v) is 8.07. The van der Waals surface area contributed by atoms with E-state index in [0.717, 1.165) is 5.82 Å². The smallest absolute Gasteiger partial charge is 0.199 e. The van der Waals surface area contributed by atoms with E-state index in [1.54, 1.807) is 16.9 Å². The van der Waals surface area contributed by atoms with Gasteiger partial charge in [-0.25, -0.2) is 4.98 Å². The molecule has 0 radical (unpaired) electrons. The number of anilines is 1. The Morgan fingerprint density at radius 3 is 3.25 bits per heavy atom. The Balaban J connectivity index is 1.86. The number of nitrogens with one attached hydrogen (secondary N) is 2. The summed E-state index contributed by atoms with van der Waals surface area (Å²) in [6.07, 6.45) is 4.67. The van der Waals surface area contributed by atoms with E-state index in [4.69, 9.17) is 0 Å². The second-order valence-corrected chi connectivity index (χ2v) is 3.03. The topological polar surface area (TPSA) is 110 Å². The fraction of sp³-hybridized carbons (Fsp3) is 0.143. The third-order valence-corrected chi connectivity index (χ3v) is 2.01. The Kier molecular flexibility index (Phi) is 1.92. The van der Waals surface area contributed by atoms with Crippen molar-refractivity contribution in [1.29, 1.82) is 0 Å². The molecule has 9 heteroatoms. The molecule has 0 atom stereocenters. The highest BCUT2D eigenvalue weighted by Gasteiger charge is 2.03. The Labute approximate surface area is 88.9 Å². The zero-order chi connectivity index (χ0) is 10.8. The Hall–Kier alpha value is -2.58. The number of aromatic nitrogens is 8. The van der Waals surface area contributed by atoms with E-state index in [9.17, 15) is 0 Å². The van der Waals surface area contributed by atoms with Gasteiger partial charge >= 0.3 is 0 Å². The standard InChI is InChI=1S/C7H7N9/c1(5-10-4-11-12-5)9-6-2-8-3-7-13-14-15-16(6)7/h2-4,9H,1H2,(H,10,11,12). The SMILES string of the molecule is c1n[nH]c(CNc2cncc3nnnn23)n1. The first-order valence-corrected chi connectivity index (χ1v) is 4.54. The molecule has 0 aliphatic heterocycles. The minimum absolute atomic E-state index is 0.501. The summed E-state index contributed by atoms with van der Waals surface area (Å²) in [5, 5.41) is 20.8. The number of rotatable bonds is 3. The van der Waals surface area contributed by atoms with E-state index in [-0.39, 0.29) is 0 Å². The number of hydrogen-bond acceptors (Lipinski definition) is 7. The number of aromatic amines is 1. The third-order valence-electron chi connectivity index (χ3n) is 2.01. The van der Waals surface area contributed by atoms with Gasteiger partial charge in [-0.1, -0.05) is 0 Å². The van der Waals surface area contributed by atoms with Crippen molar-refractivity contribution < 1.29 is 0 Å². The Morgan fingerprint density at radius 1 is 1.38 bits per heavy atom. The first-order valence-electron chi connectivity index (χ1n) is 4.54. The summed E-state index contributed by atoms with van der Waals surface area (Å²) in [6, 6.07) is 0. The van der Waals surface area contributed by atoms with Crippen molar-refractivity contribution in [1.82, 2.24) is 40.2 Å². The van der Waals surface area contributed by atoms with Crippen LogP contribution in [0.1, 0.15) is 5.82 Å². The van der Waals surface area contributed by atoms with E-state index in [0.29, 0.717) is 18.0 Å². The van der Waals surface area contributed by atoms with Crippen LogP contribution in [-0.4, -0.2) is 40.2 Å². The van der Waals surface area contributed by atoms with Crippen LogP contribution in [0.5, 0.6) is 0 Å². The lowest BCUT2D eigenvalue weighted by atomic mass is 10.5. The summed E-state index contributed by atoms with van der Waals surface area (Å²) in [4.78, 5) is 8.00. The number of fused-ring (bicyclic) bond motifs is 1. The first kappa shape index (κ1) is 8.71. The minimum Gasteiger partial charge on any atom is -0.361 e. The molecule has 0 saturated heterocycles. The van der Waals surface area contributed by atoms with Gasteiger partial charge in [0.25, 0.3) is 0 Å². The maximum Gasteiger partial charge on any atom is 0.199 e. The van der Waals surface area contributed by atoms with Gasteiger partial charge in [-0.05, 0) is 10.4 Å². The van der Waals surface area contributed by atoms with E-state index in [2.05, 4.69) is 41.0 Å². The van der Waals surface area contributed by atoms with Gasteiger partial charge < -0.3 is 5.32 Å². The van der Waals surface area contributed by atoms with E-state index < -0.39 is 0 Å². The molecular formula is C7H7N9. The summed E-state index contributed by atoms with van der Waals surface area (Å²) in [6.45, 7) is 0.501. The monoisotopic (exact) mass is 217 g/mol. The summed E-state index contributed by atoms with van der Waals surface area (Å²) < 4.78 is 1.56. The molecule has 0 aliphatic rings. The highest BCUT2D eigenvalue weighted by atomic mass is 15.5. The van der Waals surface area contributed by atoms with Crippen molar-refractivity contribution in [2.45, 2.75) is 6.54 Å². The van der Waals surface area contributed by atoms with Gasteiger partial charge in [0, 0.05) is 0 Å². The van der Waals surface area contributed by atoms with Crippen molar-refractivity contribution in [2.75, 3.05) is 5.32 Å². The van der Waals surface area contributed by atoms with E-state index >= 15 is 0 Å². The number of H-pyrrole nitrogens is 1. The maximum absolute atomic E-state index is 4.01. The second kappa shape index (κ2) is 3.53. The highest BCUT2D eigenvalue weighted by molar-refractivity contribution is 5.43. The number of hydrogen-bond donors (Lipinski definition) is 2. The van der Waals surface area contributed by atoms with Crippen LogP contribution in [0.2, 0.25) is 0 Å². The fourth-order valence-corrected chi connectivity index (χ4v) is 1.29. The summed E-state index contributed by atoms with van der Waals surface area (Å²) in [7, 11) is 0. The molecule has 3 aromatic rings. The van der Waals surface area contributed by atoms with Crippen molar-refractivity contribution >= 4 is 11.5 Å². The van der Waals surface area contributed by atoms with Crippen LogP contribution in [0, 0.1) is 0 Å². The molecule has 2 N–H and O–H groups in total. The molecule has 0 amide bonds. The highest BCUT2D eigenvalue weighted by Crippen LogP contribution is 2.06. The zero-order valence-electron chi connectivity index (χ0n) is 8.07. The first-order chi connectivity index (χ1) is 7.93. The molecule has 0 saturated carbocycles. The summed E-state index contributed by atoms with van der Waals surface area (Å²) >= 11 is 0. The van der Waals surface area contributed by atoms with Gasteiger partial charge in [0.1, 0.15) is 12.2 Å². The van der Waals surface area contributed by atoms with Crippen LogP contribution in [0.3, 0.4) is 0 Å². The number of nitrogens with zero attached hydrogens (tertiary/aromatic N) is 7. The molecular weight excluding hydrogens is 210 g/mol. The lowest BCUT2D eigenvalue weighted by molar-refractivity contribution is 0.815. The van der Waals surface area contributed by atoms with E-state index in [1.165, 1.54) is 6.33 Å². The average molecular weight is 217 g/mol. The van der Waals surface area contributed by atoms with Gasteiger partial charge in [0.15, 0.2) is 11.5 Å². The number of tetrazole rings is 1.